The molecule has 19 nitrogen and oxygen atoms in total. The summed E-state index contributed by atoms with van der Waals surface area (Å²) in [6.45, 7) is 9.21. The van der Waals surface area contributed by atoms with Gasteiger partial charge in [0.15, 0.2) is 0 Å². The van der Waals surface area contributed by atoms with Crippen molar-refractivity contribution in [3.63, 3.8) is 0 Å². The maximum Gasteiger partial charge on any atom is 0.326 e. The number of amides is 6. The first-order chi connectivity index (χ1) is 29.2. The van der Waals surface area contributed by atoms with Gasteiger partial charge < -0.3 is 63.4 Å². The number of ether oxygens (including phenoxy) is 1. The molecule has 1 heterocycles. The summed E-state index contributed by atoms with van der Waals surface area (Å²) in [5.74, 6) is -4.59. The van der Waals surface area contributed by atoms with Crippen LogP contribution in [0.2, 0.25) is 0 Å². The summed E-state index contributed by atoms with van der Waals surface area (Å²) in [4.78, 5) is 92.4. The summed E-state index contributed by atoms with van der Waals surface area (Å²) in [6.07, 6.45) is 1.44. The number of aliphatic hydroxyl groups is 1. The van der Waals surface area contributed by atoms with Gasteiger partial charge >= 0.3 is 5.97 Å². The molecule has 62 heavy (non-hydrogen) atoms. The fourth-order valence-corrected chi connectivity index (χ4v) is 7.24. The Bertz CT molecular complexity index is 1620. The predicted molar refractivity (Wildman–Crippen MR) is 234 cm³/mol. The van der Waals surface area contributed by atoms with E-state index in [1.54, 1.807) is 0 Å². The van der Waals surface area contributed by atoms with E-state index in [1.807, 2.05) is 34.0 Å². The number of phenols is 1. The molecule has 0 unspecified atom stereocenters. The van der Waals surface area contributed by atoms with E-state index in [9.17, 15) is 48.9 Å². The number of unbranched alkanes of at least 4 members (excludes halogenated alkanes) is 1. The first-order valence-electron chi connectivity index (χ1n) is 21.3. The number of benzene rings is 1. The summed E-state index contributed by atoms with van der Waals surface area (Å²) in [7, 11) is 0. The van der Waals surface area contributed by atoms with Gasteiger partial charge in [-0.05, 0) is 106 Å². The molecule has 0 radical (unpaired) electrons. The molecular weight excluding hydrogens is 825 g/mol. The third-order valence-electron chi connectivity index (χ3n) is 10.2. The van der Waals surface area contributed by atoms with Gasteiger partial charge in [-0.25, -0.2) is 4.79 Å². The van der Waals surface area contributed by atoms with Crippen molar-refractivity contribution in [2.45, 2.75) is 147 Å². The lowest BCUT2D eigenvalue weighted by Crippen LogP contribution is -2.60. The molecule has 6 amide bonds. The lowest BCUT2D eigenvalue weighted by Gasteiger charge is -2.28. The van der Waals surface area contributed by atoms with Crippen molar-refractivity contribution in [3.05, 3.63) is 29.8 Å². The van der Waals surface area contributed by atoms with Gasteiger partial charge in [0.2, 0.25) is 35.4 Å². The van der Waals surface area contributed by atoms with Crippen molar-refractivity contribution in [2.75, 3.05) is 25.1 Å². The Morgan fingerprint density at radius 1 is 0.758 bits per heavy atom. The van der Waals surface area contributed by atoms with Gasteiger partial charge in [-0.3, -0.25) is 28.8 Å². The first-order valence-corrected chi connectivity index (χ1v) is 22.7. The molecule has 0 aliphatic carbocycles. The molecule has 20 heteroatoms. The molecule has 0 saturated carbocycles. The highest BCUT2D eigenvalue weighted by Gasteiger charge is 2.37. The molecule has 13 N–H and O–H groups in total. The van der Waals surface area contributed by atoms with Crippen LogP contribution in [-0.4, -0.2) is 136 Å². The number of aliphatic carboxylic acids is 1. The maximum atomic E-state index is 13.9. The third-order valence-corrected chi connectivity index (χ3v) is 10.8. The maximum absolute atomic E-state index is 13.9. The van der Waals surface area contributed by atoms with Crippen molar-refractivity contribution in [1.29, 1.82) is 0 Å². The van der Waals surface area contributed by atoms with Crippen LogP contribution in [0.1, 0.15) is 91.5 Å². The van der Waals surface area contributed by atoms with Crippen LogP contribution in [-0.2, 0) is 44.7 Å². The Morgan fingerprint density at radius 2 is 1.35 bits per heavy atom. The molecule has 1 saturated heterocycles. The van der Waals surface area contributed by atoms with E-state index in [-0.39, 0.29) is 49.8 Å². The second-order valence-electron chi connectivity index (χ2n) is 16.7. The number of rotatable bonds is 28. The number of aliphatic hydroxyl groups excluding tert-OH is 1. The lowest BCUT2D eigenvalue weighted by molar-refractivity contribution is -0.142. The van der Waals surface area contributed by atoms with E-state index < -0.39 is 96.0 Å². The predicted octanol–water partition coefficient (Wildman–Crippen LogP) is -0.210. The molecule has 1 fully saturated rings. The number of carboxylic acids is 1. The summed E-state index contributed by atoms with van der Waals surface area (Å²) < 4.78 is 5.92. The zero-order chi connectivity index (χ0) is 46.5. The number of phenolic OH excluding ortho intramolecular Hbond substituents is 1. The van der Waals surface area contributed by atoms with Crippen molar-refractivity contribution in [1.82, 2.24) is 31.9 Å². The van der Waals surface area contributed by atoms with Gasteiger partial charge in [0.1, 0.15) is 42.1 Å². The van der Waals surface area contributed by atoms with Gasteiger partial charge in [0.25, 0.3) is 0 Å². The number of hydrogen-bond donors (Lipinski definition) is 11. The van der Waals surface area contributed by atoms with Crippen molar-refractivity contribution in [3.8, 4) is 5.75 Å². The van der Waals surface area contributed by atoms with Gasteiger partial charge in [0, 0.05) is 13.0 Å². The van der Waals surface area contributed by atoms with E-state index in [2.05, 4.69) is 31.9 Å². The Morgan fingerprint density at radius 3 is 1.94 bits per heavy atom. The smallest absolute Gasteiger partial charge is 0.326 e. The largest absolute Gasteiger partial charge is 0.508 e. The monoisotopic (exact) mass is 894 g/mol. The van der Waals surface area contributed by atoms with Gasteiger partial charge in [0.05, 0.1) is 18.2 Å². The number of nitrogens with two attached hydrogens (primary N) is 2. The van der Waals surface area contributed by atoms with Crippen molar-refractivity contribution >= 4 is 53.2 Å². The zero-order valence-corrected chi connectivity index (χ0v) is 37.6. The standard InChI is InChI=1S/C42H70N8O11S/c1-23(2)19-29(44)36(53)46-30(16-18-62-6)37(54)45-22-28-14-15-34(61-28)40(57)50-35(25(5)51)41(58)49-33(21-26-10-12-27(52)13-11-26)39(56)48-32(20-24(3)4)38(55)47-31(42(59)60)9-7-8-17-43/h10-13,23-25,28-35,51-52H,7-9,14-22,43-44H2,1-6H3,(H,45,54)(H,46,53)(H,47,55)(H,48,56)(H,49,58)(H,50,57)(H,59,60)/t25-,28-,29+,30+,31+,32+,33+,34+,35+/m1/s1. The molecule has 0 bridgehead atoms. The Balaban J connectivity index is 2.17. The zero-order valence-electron chi connectivity index (χ0n) is 36.8. The molecule has 0 spiro atoms. The molecule has 1 aliphatic rings. The molecule has 1 aromatic carbocycles. The SMILES string of the molecule is CSCC[C@H](NC(=O)[C@@H](N)CC(C)C)C(=O)NC[C@H]1CC[C@@H](C(=O)N[C@H](C(=O)N[C@@H](Cc2ccc(O)cc2)C(=O)N[C@@H](CC(C)C)C(=O)N[C@@H](CCCCN)C(=O)O)[C@@H](C)O)O1. The Kier molecular flexibility index (Phi) is 23.8. The minimum absolute atomic E-state index is 0.0379. The number of aromatic hydroxyl groups is 1. The van der Waals surface area contributed by atoms with Crippen LogP contribution in [0, 0.1) is 11.8 Å². The fourth-order valence-electron chi connectivity index (χ4n) is 6.77. The van der Waals surface area contributed by atoms with Crippen LogP contribution in [0.3, 0.4) is 0 Å². The molecular formula is C42H70N8O11S. The van der Waals surface area contributed by atoms with Crippen LogP contribution in [0.5, 0.6) is 5.75 Å². The van der Waals surface area contributed by atoms with Crippen LogP contribution >= 0.6 is 11.8 Å². The Hall–Kier alpha value is -4.50. The van der Waals surface area contributed by atoms with Crippen LogP contribution in [0.4, 0.5) is 0 Å². The highest BCUT2D eigenvalue weighted by Crippen LogP contribution is 2.20. The number of carboxylic acid groups (broad SMARTS) is 1. The molecule has 2 rings (SSSR count). The molecule has 1 aromatic rings. The van der Waals surface area contributed by atoms with Crippen molar-refractivity contribution in [2.24, 2.45) is 23.3 Å². The minimum Gasteiger partial charge on any atom is -0.508 e. The van der Waals surface area contributed by atoms with E-state index in [1.165, 1.54) is 43.0 Å². The number of nitrogens with one attached hydrogen (secondary N) is 6. The summed E-state index contributed by atoms with van der Waals surface area (Å²) in [6, 6.07) is -1.05. The normalized spacial score (nSPS) is 18.4. The van der Waals surface area contributed by atoms with E-state index >= 15 is 0 Å². The van der Waals surface area contributed by atoms with Crippen LogP contribution in [0.15, 0.2) is 24.3 Å². The lowest BCUT2D eigenvalue weighted by atomic mass is 10.00. The number of hydrogen-bond acceptors (Lipinski definition) is 13. The first kappa shape index (κ1) is 53.6. The van der Waals surface area contributed by atoms with Gasteiger partial charge in [-0.2, -0.15) is 11.8 Å². The quantitative estimate of drug-likeness (QED) is 0.0486. The average molecular weight is 895 g/mol. The summed E-state index contributed by atoms with van der Waals surface area (Å²) in [5.41, 5.74) is 12.1. The molecule has 350 valence electrons. The summed E-state index contributed by atoms with van der Waals surface area (Å²) in [5, 5.41) is 46.1. The van der Waals surface area contributed by atoms with Crippen LogP contribution in [0.25, 0.3) is 0 Å². The highest BCUT2D eigenvalue weighted by molar-refractivity contribution is 7.98. The van der Waals surface area contributed by atoms with Gasteiger partial charge in [-0.15, -0.1) is 0 Å². The van der Waals surface area contributed by atoms with Crippen LogP contribution < -0.4 is 43.4 Å². The topological polar surface area (TPSA) is 314 Å². The van der Waals surface area contributed by atoms with E-state index in [0.29, 0.717) is 50.0 Å². The van der Waals surface area contributed by atoms with E-state index in [0.717, 1.165) is 0 Å². The third kappa shape index (κ3) is 19.3. The average Bonchev–Trinajstić information content (AvgIpc) is 3.69. The summed E-state index contributed by atoms with van der Waals surface area (Å²) >= 11 is 1.52. The van der Waals surface area contributed by atoms with E-state index in [4.69, 9.17) is 16.2 Å². The molecule has 0 aromatic heterocycles. The Labute approximate surface area is 368 Å². The number of carbonyl (C=O) groups is 7. The second kappa shape index (κ2) is 27.5. The number of carbonyl (C=O) groups excluding carboxylic acids is 6. The highest BCUT2D eigenvalue weighted by atomic mass is 32.2. The molecule has 9 atom stereocenters. The fraction of sp³-hybridized carbons (Fsp3) is 0.690. The van der Waals surface area contributed by atoms with Gasteiger partial charge in [-0.1, -0.05) is 39.8 Å². The number of thioether (sulfide) groups is 1. The molecule has 1 aliphatic heterocycles. The second-order valence-corrected chi connectivity index (χ2v) is 17.7. The minimum atomic E-state index is -1.55. The van der Waals surface area contributed by atoms with Crippen molar-refractivity contribution < 1.29 is 53.6 Å².